The van der Waals surface area contributed by atoms with E-state index in [2.05, 4.69) is 106 Å². The Balaban J connectivity index is 0.000000163. The van der Waals surface area contributed by atoms with Crippen LogP contribution in [0.4, 0.5) is 52.5 Å². The molecule has 3 amide bonds. The number of nitrogen functional groups attached to an aromatic ring is 2. The van der Waals surface area contributed by atoms with E-state index in [4.69, 9.17) is 35.6 Å². The highest BCUT2D eigenvalue weighted by atomic mass is 32.2. The molecule has 5 aliphatic rings. The number of phenols is 1. The van der Waals surface area contributed by atoms with Crippen LogP contribution in [0.2, 0.25) is 0 Å². The topological polar surface area (TPSA) is 444 Å². The number of sulfone groups is 1. The van der Waals surface area contributed by atoms with E-state index in [0.29, 0.717) is 132 Å². The minimum Gasteiger partial charge on any atom is -0.507 e. The molecule has 4 saturated heterocycles. The van der Waals surface area contributed by atoms with Gasteiger partial charge in [-0.25, -0.2) is 78.7 Å². The molecular formula is C106H126F4N16O16S4. The summed E-state index contributed by atoms with van der Waals surface area (Å²) >= 11 is 0. The fourth-order valence-corrected chi connectivity index (χ4v) is 24.6. The van der Waals surface area contributed by atoms with Crippen molar-refractivity contribution in [2.75, 3.05) is 83.8 Å². The summed E-state index contributed by atoms with van der Waals surface area (Å²) in [5.74, 6) is 0.327. The summed E-state index contributed by atoms with van der Waals surface area (Å²) in [6, 6.07) is 44.1. The number of hydrogen-bond donors (Lipinski definition) is 6. The molecule has 5 fully saturated rings. The van der Waals surface area contributed by atoms with Crippen LogP contribution in [-0.4, -0.2) is 177 Å². The van der Waals surface area contributed by atoms with Gasteiger partial charge in [-0.2, -0.15) is 21.6 Å². The number of aromatic hydroxyl groups is 1. The van der Waals surface area contributed by atoms with Gasteiger partial charge >= 0.3 is 6.18 Å². The first-order valence-corrected chi connectivity index (χ1v) is 54.2. The van der Waals surface area contributed by atoms with Crippen molar-refractivity contribution in [3.8, 4) is 56.8 Å². The van der Waals surface area contributed by atoms with Crippen molar-refractivity contribution in [1.82, 2.24) is 49.1 Å². The van der Waals surface area contributed by atoms with Crippen molar-refractivity contribution in [2.45, 2.75) is 210 Å². The Labute approximate surface area is 850 Å². The molecule has 7 aromatic heterocycles. The first-order valence-electron chi connectivity index (χ1n) is 48.0. The van der Waals surface area contributed by atoms with Crippen LogP contribution in [0.25, 0.3) is 33.8 Å². The van der Waals surface area contributed by atoms with Gasteiger partial charge in [-0.15, -0.1) is 0 Å². The number of benzene rings is 4. The molecule has 8 N–H and O–H groups in total. The Kier molecular flexibility index (Phi) is 33.1. The largest absolute Gasteiger partial charge is 0.507 e. The molecule has 4 aromatic carbocycles. The Hall–Kier alpha value is -13.5. The van der Waals surface area contributed by atoms with Gasteiger partial charge in [-0.1, -0.05) is 96.8 Å². The van der Waals surface area contributed by atoms with E-state index in [1.165, 1.54) is 91.1 Å². The number of Topliss-reactive ketones (excluding diaryl/α,β-unsaturated/α-hetero) is 1. The molecule has 32 nitrogen and oxygen atoms in total. The quantitative estimate of drug-likeness (QED) is 0.0206. The van der Waals surface area contributed by atoms with Crippen LogP contribution >= 0.6 is 0 Å². The number of methoxy groups -OCH3 is 2. The van der Waals surface area contributed by atoms with E-state index < -0.39 is 97.5 Å². The lowest BCUT2D eigenvalue weighted by atomic mass is 9.97. The predicted octanol–water partition coefficient (Wildman–Crippen LogP) is 17.9. The number of anilines is 6. The average Bonchev–Trinajstić information content (AvgIpc) is 1.46. The molecule has 0 bridgehead atoms. The lowest BCUT2D eigenvalue weighted by molar-refractivity contribution is -0.137. The monoisotopic (exact) mass is 2080 g/mol. The number of aryl methyl sites for hydroxylation is 1. The van der Waals surface area contributed by atoms with Gasteiger partial charge in [0.1, 0.15) is 62.9 Å². The second kappa shape index (κ2) is 44.1. The molecule has 1 unspecified atom stereocenters. The number of amides is 3. The maximum Gasteiger partial charge on any atom is 0.417 e. The number of aromatic nitrogens is 7. The summed E-state index contributed by atoms with van der Waals surface area (Å²) in [4.78, 5) is 91.4. The number of nitrogens with two attached hydrogens (primary N) is 2. The summed E-state index contributed by atoms with van der Waals surface area (Å²) in [6.07, 6.45) is 5.01. The first kappa shape index (κ1) is 110. The van der Waals surface area contributed by atoms with E-state index in [9.17, 15) is 75.5 Å². The third kappa shape index (κ3) is 25.9. The normalized spacial score (nSPS) is 18.0. The van der Waals surface area contributed by atoms with E-state index in [-0.39, 0.29) is 94.6 Å². The number of nitrogens with zero attached hydrogens (tertiary/aromatic N) is 11. The van der Waals surface area contributed by atoms with Gasteiger partial charge in [0, 0.05) is 95.6 Å². The summed E-state index contributed by atoms with van der Waals surface area (Å²) in [5.41, 5.74) is 13.9. The number of hydrogen-bond acceptors (Lipinski definition) is 29. The highest BCUT2D eigenvalue weighted by Crippen LogP contribution is 2.46. The highest BCUT2D eigenvalue weighted by molar-refractivity contribution is 7.92. The first-order chi connectivity index (χ1) is 68.5. The number of carbonyl (C=O) groups is 4. The Bertz CT molecular complexity index is 7220. The van der Waals surface area contributed by atoms with Crippen molar-refractivity contribution in [3.63, 3.8) is 0 Å². The molecule has 11 aromatic rings. The summed E-state index contributed by atoms with van der Waals surface area (Å²) in [7, 11) is -13.3. The minimum absolute atomic E-state index is 0.00851. The van der Waals surface area contributed by atoms with Crippen LogP contribution in [-0.2, 0) is 52.5 Å². The number of sulfonamides is 3. The molecule has 0 spiro atoms. The van der Waals surface area contributed by atoms with Crippen molar-refractivity contribution >= 4 is 98.3 Å². The molecule has 778 valence electrons. The number of ketones is 1. The SMILES string of the molecule is CC(C)COc1cc(F)cc(-c2ccc(C(=O)NS(=O)(=O)C3CCCC3)c(N3C[C@@H](C)CC3(C)C)n2)c1.COc1ccc(Cc2cccc(S(=O)(=O)CC(=O)c3cccnc3N3CC(C)CC3(C)C)n2)cc1OC.C[C@@H]1CN(c2nc(-c3ccccc3C(F)(F)F)ccc2C(=O)NS(=O)(=O)c2cccnc2N)C(C)(C)C1.Cc1ccc(-c2ccc(C(=O)NS(=O)(=O)c3cccc(N)n3)c(N3C[C@@H](C)CC3(C)C)n2)c(O)c1. The number of halogens is 4. The number of pyridine rings is 7. The van der Waals surface area contributed by atoms with Gasteiger partial charge in [-0.3, -0.25) is 19.2 Å². The lowest BCUT2D eigenvalue weighted by Gasteiger charge is -2.34. The van der Waals surface area contributed by atoms with E-state index in [1.807, 2.05) is 74.3 Å². The number of alkyl halides is 3. The van der Waals surface area contributed by atoms with Gasteiger partial charge < -0.3 is 50.4 Å². The smallest absolute Gasteiger partial charge is 0.417 e. The maximum absolute atomic E-state index is 14.5. The standard InChI is InChI=1S/C28H38FN3O4S.C28H33N3O5S.C25H26F3N5O3S.C25H29N5O4S/c1-18(2)17-36-22-13-20(12-21(29)14-22)25-11-10-24(26(30-25)32-16-19(3)15-28(32,4)5)27(33)31-37(34,35)23-8-6-7-9-23;1-19-16-28(2,3)31(17-19)27-22(9-7-13-29-27)23(32)18-37(33,34)26-10-6-8-21(30-26)14-20-11-12-24(35-4)25(15-20)36-5;1-15-13-24(2,3)33(14-15)22-17(23(34)32-37(35,36)20-9-6-12-30-21(20)29)10-11-19(31-22)16-7-4-5-8-18(16)25(26,27)28;1-15-8-9-17(20(31)12-15)19-11-10-18(23(27-19)30-14-16(2)13-25(30,3)4)24(32)29-35(33,34)22-7-5-6-21(26)28-22/h10-14,18-19,23H,6-9,15-17H2,1-5H3,(H,31,33);6-13,15,19H,14,16-18H2,1-5H3;4-12,15H,13-14H2,1-3H3,(H2,29,30)(H,32,34);5-12,16,31H,13-14H2,1-4H3,(H2,26,28)(H,29,32)/t19-;;15-;16-/m0.00/s1. The average molecular weight is 2080 g/mol. The van der Waals surface area contributed by atoms with Crippen molar-refractivity contribution in [3.05, 3.63) is 239 Å². The minimum atomic E-state index is -4.62. The third-order valence-corrected chi connectivity index (χ3v) is 32.2. The van der Waals surface area contributed by atoms with Crippen LogP contribution in [0, 0.1) is 42.3 Å². The second-order valence-electron chi connectivity index (χ2n) is 41.0. The summed E-state index contributed by atoms with van der Waals surface area (Å²) in [6.45, 7) is 33.7. The zero-order chi connectivity index (χ0) is 106. The van der Waals surface area contributed by atoms with Crippen LogP contribution in [0.5, 0.6) is 23.0 Å². The van der Waals surface area contributed by atoms with Gasteiger partial charge in [0.05, 0.1) is 71.0 Å². The molecule has 4 aliphatic heterocycles. The Morgan fingerprint density at radius 3 is 1.53 bits per heavy atom. The zero-order valence-corrected chi connectivity index (χ0v) is 88.0. The van der Waals surface area contributed by atoms with Gasteiger partial charge in [0.15, 0.2) is 27.3 Å². The molecule has 4 atom stereocenters. The van der Waals surface area contributed by atoms with Crippen LogP contribution in [0.15, 0.2) is 203 Å². The fourth-order valence-electron chi connectivity index (χ4n) is 19.9. The van der Waals surface area contributed by atoms with E-state index >= 15 is 0 Å². The third-order valence-electron chi connectivity index (χ3n) is 26.2. The number of phenolic OH excluding ortho intramolecular Hbond substituents is 1. The molecule has 1 saturated carbocycles. The van der Waals surface area contributed by atoms with E-state index in [0.717, 1.165) is 62.3 Å². The van der Waals surface area contributed by atoms with Crippen molar-refractivity contribution in [2.24, 2.45) is 29.6 Å². The van der Waals surface area contributed by atoms with Crippen molar-refractivity contribution in [1.29, 1.82) is 0 Å². The molecular weight excluding hydrogens is 1960 g/mol. The maximum atomic E-state index is 14.5. The van der Waals surface area contributed by atoms with Crippen LogP contribution < -0.4 is 59.4 Å². The molecule has 16 rings (SSSR count). The molecule has 146 heavy (non-hydrogen) atoms. The summed E-state index contributed by atoms with van der Waals surface area (Å²) in [5, 5.41) is 9.47. The Morgan fingerprint density at radius 1 is 0.507 bits per heavy atom. The molecule has 40 heteroatoms. The fraction of sp³-hybridized carbons (Fsp3) is 0.406. The zero-order valence-electron chi connectivity index (χ0n) is 84.8. The molecule has 0 radical (unpaired) electrons. The predicted molar refractivity (Wildman–Crippen MR) is 554 cm³/mol. The summed E-state index contributed by atoms with van der Waals surface area (Å²) < 4.78 is 182. The van der Waals surface area contributed by atoms with Crippen molar-refractivity contribution < 1.29 is 89.7 Å². The highest BCUT2D eigenvalue weighted by Gasteiger charge is 2.46. The number of carbonyl (C=O) groups excluding carboxylic acids is 4. The lowest BCUT2D eigenvalue weighted by Crippen LogP contribution is -2.42. The molecule has 11 heterocycles. The second-order valence-corrected chi connectivity index (χ2v) is 48.2. The van der Waals surface area contributed by atoms with Gasteiger partial charge in [0.2, 0.25) is 19.9 Å². The van der Waals surface area contributed by atoms with E-state index in [1.54, 1.807) is 87.1 Å². The number of ether oxygens (including phenoxy) is 3. The van der Waals surface area contributed by atoms with Gasteiger partial charge in [0.25, 0.3) is 37.8 Å². The molecule has 1 aliphatic carbocycles. The van der Waals surface area contributed by atoms with Crippen LogP contribution in [0.1, 0.15) is 212 Å². The van der Waals surface area contributed by atoms with Gasteiger partial charge in [-0.05, 0) is 269 Å². The van der Waals surface area contributed by atoms with Crippen LogP contribution in [0.3, 0.4) is 0 Å². The number of nitrogens with one attached hydrogen (secondary N) is 3. The Morgan fingerprint density at radius 2 is 1.01 bits per heavy atom. The number of rotatable bonds is 27.